The maximum atomic E-state index is 13.9. The smallest absolute Gasteiger partial charge is 0.270 e. The van der Waals surface area contributed by atoms with Crippen LogP contribution in [0.25, 0.3) is 0 Å². The van der Waals surface area contributed by atoms with E-state index in [1.54, 1.807) is 6.07 Å². The molecule has 0 spiro atoms. The summed E-state index contributed by atoms with van der Waals surface area (Å²) in [5.74, 6) is 0.347. The average molecular weight is 327 g/mol. The van der Waals surface area contributed by atoms with Crippen molar-refractivity contribution < 1.29 is 14.0 Å². The Labute approximate surface area is 139 Å². The highest BCUT2D eigenvalue weighted by molar-refractivity contribution is 5.94. The van der Waals surface area contributed by atoms with Crippen molar-refractivity contribution in [3.63, 3.8) is 0 Å². The number of halogens is 1. The summed E-state index contributed by atoms with van der Waals surface area (Å²) in [4.78, 5) is 30.2. The van der Waals surface area contributed by atoms with Crippen LogP contribution in [0.4, 0.5) is 15.9 Å². The van der Waals surface area contributed by atoms with Crippen molar-refractivity contribution in [3.8, 4) is 0 Å². The zero-order valence-corrected chi connectivity index (χ0v) is 13.2. The highest BCUT2D eigenvalue weighted by atomic mass is 19.1. The molecule has 1 fully saturated rings. The lowest BCUT2D eigenvalue weighted by Gasteiger charge is -2.30. The fourth-order valence-corrected chi connectivity index (χ4v) is 3.30. The van der Waals surface area contributed by atoms with Crippen LogP contribution in [0.1, 0.15) is 39.3 Å². The largest absolute Gasteiger partial charge is 0.337 e. The maximum absolute atomic E-state index is 13.9. The molecule has 0 unspecified atom stereocenters. The third-order valence-corrected chi connectivity index (χ3v) is 4.77. The molecule has 2 aliphatic heterocycles. The molecule has 2 aliphatic rings. The number of hydrogen-bond donors (Lipinski definition) is 1. The van der Waals surface area contributed by atoms with Gasteiger partial charge in [-0.15, -0.1) is 0 Å². The van der Waals surface area contributed by atoms with Crippen molar-refractivity contribution in [1.82, 2.24) is 9.88 Å². The first-order chi connectivity index (χ1) is 11.7. The molecule has 6 heteroatoms. The van der Waals surface area contributed by atoms with Crippen LogP contribution in [0.3, 0.4) is 0 Å². The van der Waals surface area contributed by atoms with Gasteiger partial charge in [-0.2, -0.15) is 0 Å². The van der Waals surface area contributed by atoms with Gasteiger partial charge in [0.05, 0.1) is 5.56 Å². The van der Waals surface area contributed by atoms with Gasteiger partial charge in [-0.05, 0) is 49.1 Å². The predicted molar refractivity (Wildman–Crippen MR) is 88.4 cm³/mol. The molecule has 0 radical (unpaired) electrons. The molecule has 4 rings (SSSR count). The van der Waals surface area contributed by atoms with Gasteiger partial charge in [0.2, 0.25) is 0 Å². The number of fused-ring (bicyclic) bond motifs is 1. The minimum absolute atomic E-state index is 0.0260. The molecular weight excluding hydrogens is 309 g/mol. The topological polar surface area (TPSA) is 56.4 Å². The summed E-state index contributed by atoms with van der Waals surface area (Å²) >= 11 is 0. The van der Waals surface area contributed by atoms with Crippen molar-refractivity contribution in [3.05, 3.63) is 46.9 Å². The van der Waals surface area contributed by atoms with Crippen LogP contribution in [0, 0.1) is 5.82 Å². The van der Waals surface area contributed by atoms with Crippen molar-refractivity contribution >= 4 is 23.7 Å². The molecule has 5 nitrogen and oxygen atoms in total. The van der Waals surface area contributed by atoms with Crippen LogP contribution in [-0.4, -0.2) is 41.7 Å². The number of nitrogens with one attached hydrogen (secondary N) is 1. The number of aromatic nitrogens is 1. The van der Waals surface area contributed by atoms with Crippen molar-refractivity contribution in [2.75, 3.05) is 24.5 Å². The van der Waals surface area contributed by atoms with E-state index in [4.69, 9.17) is 0 Å². The van der Waals surface area contributed by atoms with Gasteiger partial charge >= 0.3 is 0 Å². The van der Waals surface area contributed by atoms with Crippen LogP contribution in [0.15, 0.2) is 24.3 Å². The zero-order chi connectivity index (χ0) is 16.7. The number of anilines is 2. The lowest BCUT2D eigenvalue weighted by molar-refractivity contribution is 0.0646. The molecular formula is C18H18FN3O2. The monoisotopic (exact) mass is 327 g/mol. The molecule has 0 saturated carbocycles. The van der Waals surface area contributed by atoms with Gasteiger partial charge in [0.25, 0.3) is 5.91 Å². The number of likely N-dealkylation sites (tertiary alicyclic amines) is 1. The van der Waals surface area contributed by atoms with Crippen LogP contribution >= 0.6 is 0 Å². The van der Waals surface area contributed by atoms with Crippen LogP contribution in [0.5, 0.6) is 0 Å². The molecule has 1 aromatic heterocycles. The first-order valence-corrected chi connectivity index (χ1v) is 8.21. The van der Waals surface area contributed by atoms with Gasteiger partial charge < -0.3 is 14.8 Å². The maximum Gasteiger partial charge on any atom is 0.270 e. The Hall–Kier alpha value is -2.63. The van der Waals surface area contributed by atoms with E-state index in [9.17, 15) is 14.0 Å². The van der Waals surface area contributed by atoms with Crippen molar-refractivity contribution in [2.24, 2.45) is 0 Å². The van der Waals surface area contributed by atoms with Crippen molar-refractivity contribution in [1.29, 1.82) is 0 Å². The Morgan fingerprint density at radius 1 is 1.17 bits per heavy atom. The Balaban J connectivity index is 1.68. The lowest BCUT2D eigenvalue weighted by Crippen LogP contribution is -2.42. The van der Waals surface area contributed by atoms with E-state index in [0.29, 0.717) is 17.7 Å². The quantitative estimate of drug-likeness (QED) is 0.882. The van der Waals surface area contributed by atoms with E-state index in [1.807, 2.05) is 15.9 Å². The number of carbonyl (C=O) groups excluding carboxylic acids is 2. The molecule has 1 N–H and O–H groups in total. The third kappa shape index (κ3) is 2.38. The summed E-state index contributed by atoms with van der Waals surface area (Å²) in [5.41, 5.74) is 2.40. The molecule has 0 atom stereocenters. The minimum atomic E-state index is -0.530. The number of aldehydes is 1. The summed E-state index contributed by atoms with van der Waals surface area (Å²) in [7, 11) is 0. The fraction of sp³-hybridized carbons (Fsp3) is 0.333. The Morgan fingerprint density at radius 2 is 2.00 bits per heavy atom. The van der Waals surface area contributed by atoms with E-state index < -0.39 is 5.82 Å². The number of aryl methyl sites for hydroxylation is 1. The second kappa shape index (κ2) is 5.78. The molecule has 0 aliphatic carbocycles. The second-order valence-corrected chi connectivity index (χ2v) is 6.28. The molecule has 124 valence electrons. The molecule has 1 amide bonds. The number of rotatable bonds is 3. The molecule has 2 aromatic rings. The lowest BCUT2D eigenvalue weighted by atomic mass is 10.1. The summed E-state index contributed by atoms with van der Waals surface area (Å²) in [5, 5.41) is 0. The standard InChI is InChI=1S/C18H18FN3O2/c19-15-10-14(5-4-13(15)11-23)22-8-1-3-12-9-16(20-17(12)22)18(24)21-6-2-7-21/h4-5,9-11,20H,1-3,6-8H2. The second-order valence-electron chi connectivity index (χ2n) is 6.28. The van der Waals surface area contributed by atoms with Crippen LogP contribution in [-0.2, 0) is 6.42 Å². The van der Waals surface area contributed by atoms with Gasteiger partial charge in [0, 0.05) is 25.3 Å². The third-order valence-electron chi connectivity index (χ3n) is 4.77. The van der Waals surface area contributed by atoms with Gasteiger partial charge in [-0.1, -0.05) is 0 Å². The van der Waals surface area contributed by atoms with Crippen LogP contribution in [0.2, 0.25) is 0 Å². The average Bonchev–Trinajstić information content (AvgIpc) is 2.97. The van der Waals surface area contributed by atoms with Gasteiger partial charge in [-0.3, -0.25) is 9.59 Å². The zero-order valence-electron chi connectivity index (χ0n) is 13.2. The summed E-state index contributed by atoms with van der Waals surface area (Å²) in [6, 6.07) is 6.51. The SMILES string of the molecule is O=Cc1ccc(N2CCCc3cc(C(=O)N4CCC4)[nH]c32)cc1F. The van der Waals surface area contributed by atoms with Gasteiger partial charge in [-0.25, -0.2) is 4.39 Å². The Bertz CT molecular complexity index is 811. The Morgan fingerprint density at radius 3 is 2.67 bits per heavy atom. The van der Waals surface area contributed by atoms with Crippen molar-refractivity contribution in [2.45, 2.75) is 19.3 Å². The minimum Gasteiger partial charge on any atom is -0.337 e. The molecule has 24 heavy (non-hydrogen) atoms. The predicted octanol–water partition coefficient (Wildman–Crippen LogP) is 2.90. The van der Waals surface area contributed by atoms with E-state index in [2.05, 4.69) is 4.98 Å². The first-order valence-electron chi connectivity index (χ1n) is 8.21. The highest BCUT2D eigenvalue weighted by Crippen LogP contribution is 2.34. The number of hydrogen-bond acceptors (Lipinski definition) is 3. The molecule has 0 bridgehead atoms. The number of carbonyl (C=O) groups is 2. The Kier molecular flexibility index (Phi) is 3.59. The molecule has 3 heterocycles. The summed E-state index contributed by atoms with van der Waals surface area (Å²) in [6.45, 7) is 2.36. The van der Waals surface area contributed by atoms with E-state index in [0.717, 1.165) is 50.3 Å². The number of nitrogens with zero attached hydrogens (tertiary/aromatic N) is 2. The summed E-state index contributed by atoms with van der Waals surface area (Å²) in [6.07, 6.45) is 3.39. The fourth-order valence-electron chi connectivity index (χ4n) is 3.30. The van der Waals surface area contributed by atoms with Gasteiger partial charge in [0.15, 0.2) is 6.29 Å². The normalized spacial score (nSPS) is 16.5. The van der Waals surface area contributed by atoms with E-state index in [-0.39, 0.29) is 11.5 Å². The van der Waals surface area contributed by atoms with Gasteiger partial charge in [0.1, 0.15) is 17.3 Å². The molecule has 1 saturated heterocycles. The van der Waals surface area contributed by atoms with E-state index in [1.165, 1.54) is 12.1 Å². The summed E-state index contributed by atoms with van der Waals surface area (Å²) < 4.78 is 13.9. The number of amides is 1. The molecule has 1 aromatic carbocycles. The first kappa shape index (κ1) is 14.9. The number of H-pyrrole nitrogens is 1. The number of benzene rings is 1. The van der Waals surface area contributed by atoms with E-state index >= 15 is 0 Å². The number of aromatic amines is 1. The van der Waals surface area contributed by atoms with Crippen LogP contribution < -0.4 is 4.90 Å². The highest BCUT2D eigenvalue weighted by Gasteiger charge is 2.27.